The predicted octanol–water partition coefficient (Wildman–Crippen LogP) is 3.29. The molecule has 3 rings (SSSR count). The third-order valence-electron chi connectivity index (χ3n) is 4.41. The van der Waals surface area contributed by atoms with Gasteiger partial charge in [0.25, 0.3) is 0 Å². The third kappa shape index (κ3) is 2.63. The van der Waals surface area contributed by atoms with Crippen LogP contribution in [0.3, 0.4) is 0 Å². The summed E-state index contributed by atoms with van der Waals surface area (Å²) in [5.41, 5.74) is 3.28. The maximum Gasteiger partial charge on any atom is 0.0534 e. The molecule has 0 amide bonds. The first-order valence-electron chi connectivity index (χ1n) is 7.47. The molecule has 1 N–H and O–H groups in total. The van der Waals surface area contributed by atoms with Crippen molar-refractivity contribution in [2.75, 3.05) is 6.54 Å². The summed E-state index contributed by atoms with van der Waals surface area (Å²) in [6.45, 7) is 6.59. The summed E-state index contributed by atoms with van der Waals surface area (Å²) in [5.74, 6) is 0. The third-order valence-corrected chi connectivity index (χ3v) is 4.41. The van der Waals surface area contributed by atoms with Gasteiger partial charge in [0.2, 0.25) is 0 Å². The van der Waals surface area contributed by atoms with E-state index in [0.29, 0.717) is 11.5 Å². The molecule has 1 aliphatic rings. The van der Waals surface area contributed by atoms with Gasteiger partial charge >= 0.3 is 0 Å². The molecule has 1 aromatic carbocycles. The molecule has 0 spiro atoms. The maximum atomic E-state index is 4.24. The zero-order valence-corrected chi connectivity index (χ0v) is 12.3. The summed E-state index contributed by atoms with van der Waals surface area (Å²) in [7, 11) is 0. The minimum Gasteiger partial charge on any atom is -0.308 e. The largest absolute Gasteiger partial charge is 0.308 e. The molecular weight excluding hydrogens is 246 g/mol. The minimum atomic E-state index is 0.302. The van der Waals surface area contributed by atoms with E-state index in [1.165, 1.54) is 24.0 Å². The number of nitrogens with zero attached hydrogens (tertiary/aromatic N) is 2. The molecule has 3 heteroatoms. The number of aromatic nitrogens is 2. The van der Waals surface area contributed by atoms with Crippen molar-refractivity contribution in [2.45, 2.75) is 44.7 Å². The van der Waals surface area contributed by atoms with Crippen LogP contribution in [0.5, 0.6) is 0 Å². The van der Waals surface area contributed by atoms with E-state index in [0.717, 1.165) is 13.1 Å². The van der Waals surface area contributed by atoms with Crippen molar-refractivity contribution in [2.24, 2.45) is 0 Å². The van der Waals surface area contributed by atoms with Gasteiger partial charge in [0.1, 0.15) is 0 Å². The van der Waals surface area contributed by atoms with E-state index in [1.807, 2.05) is 23.1 Å². The fourth-order valence-corrected chi connectivity index (χ4v) is 3.21. The van der Waals surface area contributed by atoms with Gasteiger partial charge in [0.15, 0.2) is 0 Å². The van der Waals surface area contributed by atoms with Gasteiger partial charge in [-0.2, -0.15) is 5.10 Å². The standard InChI is InChI=1S/C17H23N3/c1-17(2)9-8-16(14-6-3-4-7-15(14)17)18-11-13-20-12-5-10-19-20/h3-7,10,12,16,18H,8-9,11,13H2,1-2H3. The van der Waals surface area contributed by atoms with Crippen LogP contribution >= 0.6 is 0 Å². The molecule has 1 atom stereocenters. The van der Waals surface area contributed by atoms with Gasteiger partial charge in [-0.1, -0.05) is 38.1 Å². The second-order valence-corrected chi connectivity index (χ2v) is 6.29. The van der Waals surface area contributed by atoms with E-state index >= 15 is 0 Å². The molecule has 0 radical (unpaired) electrons. The molecule has 3 nitrogen and oxygen atoms in total. The van der Waals surface area contributed by atoms with E-state index in [1.54, 1.807) is 0 Å². The van der Waals surface area contributed by atoms with E-state index in [9.17, 15) is 0 Å². The van der Waals surface area contributed by atoms with Crippen LogP contribution < -0.4 is 5.32 Å². The van der Waals surface area contributed by atoms with Gasteiger partial charge in [0.05, 0.1) is 6.54 Å². The molecule has 1 aliphatic carbocycles. The molecule has 0 saturated carbocycles. The Labute approximate surface area is 121 Å². The molecule has 0 saturated heterocycles. The van der Waals surface area contributed by atoms with Crippen LogP contribution in [0, 0.1) is 0 Å². The van der Waals surface area contributed by atoms with Crippen molar-refractivity contribution >= 4 is 0 Å². The Morgan fingerprint density at radius 1 is 1.30 bits per heavy atom. The van der Waals surface area contributed by atoms with E-state index in [-0.39, 0.29) is 0 Å². The lowest BCUT2D eigenvalue weighted by Crippen LogP contribution is -2.34. The lowest BCUT2D eigenvalue weighted by molar-refractivity contribution is 0.353. The molecule has 0 aliphatic heterocycles. The quantitative estimate of drug-likeness (QED) is 0.923. The van der Waals surface area contributed by atoms with Crippen LogP contribution in [0.15, 0.2) is 42.7 Å². The fraction of sp³-hybridized carbons (Fsp3) is 0.471. The predicted molar refractivity (Wildman–Crippen MR) is 81.7 cm³/mol. The highest BCUT2D eigenvalue weighted by molar-refractivity contribution is 5.38. The topological polar surface area (TPSA) is 29.9 Å². The normalized spacial score (nSPS) is 20.6. The van der Waals surface area contributed by atoms with Gasteiger partial charge in [-0.05, 0) is 35.4 Å². The monoisotopic (exact) mass is 269 g/mol. The van der Waals surface area contributed by atoms with Gasteiger partial charge in [0, 0.05) is 25.0 Å². The highest BCUT2D eigenvalue weighted by Crippen LogP contribution is 2.41. The van der Waals surface area contributed by atoms with Crippen molar-refractivity contribution in [1.82, 2.24) is 15.1 Å². The van der Waals surface area contributed by atoms with Gasteiger partial charge < -0.3 is 5.32 Å². The Morgan fingerprint density at radius 2 is 2.15 bits per heavy atom. The zero-order chi connectivity index (χ0) is 14.0. The number of hydrogen-bond acceptors (Lipinski definition) is 2. The molecule has 1 heterocycles. The highest BCUT2D eigenvalue weighted by Gasteiger charge is 2.31. The molecule has 106 valence electrons. The molecule has 1 unspecified atom stereocenters. The lowest BCUT2D eigenvalue weighted by atomic mass is 9.71. The lowest BCUT2D eigenvalue weighted by Gasteiger charge is -2.37. The van der Waals surface area contributed by atoms with Crippen molar-refractivity contribution in [3.05, 3.63) is 53.9 Å². The van der Waals surface area contributed by atoms with Crippen molar-refractivity contribution < 1.29 is 0 Å². The molecular formula is C17H23N3. The Bertz CT molecular complexity index is 557. The first-order valence-corrected chi connectivity index (χ1v) is 7.47. The number of nitrogens with one attached hydrogen (secondary N) is 1. The van der Waals surface area contributed by atoms with Crippen LogP contribution in [-0.4, -0.2) is 16.3 Å². The maximum absolute atomic E-state index is 4.24. The summed E-state index contributed by atoms with van der Waals surface area (Å²) in [6, 6.07) is 11.3. The average molecular weight is 269 g/mol. The Hall–Kier alpha value is -1.61. The fourth-order valence-electron chi connectivity index (χ4n) is 3.21. The SMILES string of the molecule is CC1(C)CCC(NCCn2cccn2)c2ccccc21. The van der Waals surface area contributed by atoms with Gasteiger partial charge in [-0.15, -0.1) is 0 Å². The van der Waals surface area contributed by atoms with Gasteiger partial charge in [-0.3, -0.25) is 4.68 Å². The summed E-state index contributed by atoms with van der Waals surface area (Å²) in [4.78, 5) is 0. The smallest absolute Gasteiger partial charge is 0.0534 e. The Morgan fingerprint density at radius 3 is 2.95 bits per heavy atom. The van der Waals surface area contributed by atoms with E-state index in [4.69, 9.17) is 0 Å². The Kier molecular flexibility index (Phi) is 3.62. The average Bonchev–Trinajstić information content (AvgIpc) is 2.95. The van der Waals surface area contributed by atoms with Gasteiger partial charge in [-0.25, -0.2) is 0 Å². The summed E-state index contributed by atoms with van der Waals surface area (Å²) in [6.07, 6.45) is 6.30. The number of rotatable bonds is 4. The van der Waals surface area contributed by atoms with E-state index < -0.39 is 0 Å². The minimum absolute atomic E-state index is 0.302. The van der Waals surface area contributed by atoms with Crippen LogP contribution in [0.4, 0.5) is 0 Å². The Balaban J connectivity index is 1.69. The highest BCUT2D eigenvalue weighted by atomic mass is 15.3. The summed E-state index contributed by atoms with van der Waals surface area (Å²) >= 11 is 0. The molecule has 0 fully saturated rings. The second kappa shape index (κ2) is 5.41. The number of hydrogen-bond donors (Lipinski definition) is 1. The molecule has 2 aromatic rings. The van der Waals surface area contributed by atoms with Crippen LogP contribution in [0.2, 0.25) is 0 Å². The second-order valence-electron chi connectivity index (χ2n) is 6.29. The molecule has 0 bridgehead atoms. The first-order chi connectivity index (χ1) is 9.67. The van der Waals surface area contributed by atoms with Crippen LogP contribution in [0.25, 0.3) is 0 Å². The van der Waals surface area contributed by atoms with Crippen molar-refractivity contribution in [3.8, 4) is 0 Å². The van der Waals surface area contributed by atoms with Crippen LogP contribution in [-0.2, 0) is 12.0 Å². The van der Waals surface area contributed by atoms with E-state index in [2.05, 4.69) is 48.5 Å². The van der Waals surface area contributed by atoms with Crippen LogP contribution in [0.1, 0.15) is 43.9 Å². The number of benzene rings is 1. The number of fused-ring (bicyclic) bond motifs is 1. The summed E-state index contributed by atoms with van der Waals surface area (Å²) < 4.78 is 1.98. The summed E-state index contributed by atoms with van der Waals surface area (Å²) in [5, 5.41) is 7.94. The van der Waals surface area contributed by atoms with Crippen molar-refractivity contribution in [3.63, 3.8) is 0 Å². The zero-order valence-electron chi connectivity index (χ0n) is 12.3. The molecule has 1 aromatic heterocycles. The molecule has 20 heavy (non-hydrogen) atoms. The van der Waals surface area contributed by atoms with Crippen molar-refractivity contribution in [1.29, 1.82) is 0 Å². The first kappa shape index (κ1) is 13.4.